The van der Waals surface area contributed by atoms with E-state index in [1.54, 1.807) is 121 Å². The van der Waals surface area contributed by atoms with E-state index in [0.717, 1.165) is 0 Å². The first-order chi connectivity index (χ1) is 22.4. The minimum Gasteiger partial charge on any atom is -0.459 e. The Labute approximate surface area is 270 Å². The van der Waals surface area contributed by atoms with Gasteiger partial charge in [-0.3, -0.25) is 0 Å². The van der Waals surface area contributed by atoms with E-state index in [1.165, 1.54) is 11.8 Å². The number of hydrogen-bond acceptors (Lipinski definition) is 10. The topological polar surface area (TPSA) is 114 Å². The average Bonchev–Trinajstić information content (AvgIpc) is 3.11. The van der Waals surface area contributed by atoms with Gasteiger partial charge in [0.1, 0.15) is 18.1 Å². The molecule has 0 aliphatic carbocycles. The number of benzene rings is 4. The lowest BCUT2D eigenvalue weighted by atomic mass is 9.98. The minimum absolute atomic E-state index is 0.235. The van der Waals surface area contributed by atoms with Gasteiger partial charge >= 0.3 is 23.9 Å². The van der Waals surface area contributed by atoms with Crippen molar-refractivity contribution in [2.75, 3.05) is 12.4 Å². The van der Waals surface area contributed by atoms with E-state index >= 15 is 0 Å². The van der Waals surface area contributed by atoms with Gasteiger partial charge in [-0.25, -0.2) is 19.2 Å². The molecule has 0 radical (unpaired) electrons. The van der Waals surface area contributed by atoms with Crippen LogP contribution in [0.15, 0.2) is 121 Å². The molecular formula is C36H32O9S. The Balaban J connectivity index is 1.52. The van der Waals surface area contributed by atoms with Crippen LogP contribution in [0.2, 0.25) is 0 Å². The molecular weight excluding hydrogens is 608 g/mol. The third kappa shape index (κ3) is 8.21. The van der Waals surface area contributed by atoms with Crippen molar-refractivity contribution in [3.05, 3.63) is 144 Å². The number of esters is 4. The van der Waals surface area contributed by atoms with Gasteiger partial charge < -0.3 is 23.7 Å². The van der Waals surface area contributed by atoms with Gasteiger partial charge in [0, 0.05) is 0 Å². The second kappa shape index (κ2) is 15.9. The van der Waals surface area contributed by atoms with Crippen LogP contribution in [0.3, 0.4) is 0 Å². The van der Waals surface area contributed by atoms with Crippen LogP contribution in [-0.2, 0) is 23.7 Å². The Morgan fingerprint density at radius 3 is 1.33 bits per heavy atom. The lowest BCUT2D eigenvalue weighted by molar-refractivity contribution is -0.207. The van der Waals surface area contributed by atoms with Gasteiger partial charge in [0.15, 0.2) is 18.3 Å². The number of hydrogen-bond donors (Lipinski definition) is 0. The Morgan fingerprint density at radius 1 is 0.543 bits per heavy atom. The SMILES string of the molecule is CCS[C@@H]1O[C@H](COC(=O)c2ccccc2)[C@H](OC(=O)c2ccccc2)[C@H](OC(=O)c2ccccc2)[C@H]1OC(=O)c1ccccc1. The maximum Gasteiger partial charge on any atom is 0.338 e. The zero-order valence-corrected chi connectivity index (χ0v) is 25.7. The molecule has 4 aromatic rings. The normalized spacial score (nSPS) is 20.6. The monoisotopic (exact) mass is 640 g/mol. The molecule has 1 saturated heterocycles. The Bertz CT molecular complexity index is 1600. The number of rotatable bonds is 11. The molecule has 0 N–H and O–H groups in total. The molecule has 1 fully saturated rings. The molecule has 1 heterocycles. The molecule has 10 heteroatoms. The summed E-state index contributed by atoms with van der Waals surface area (Å²) in [5.41, 5.74) is 0.184. The Kier molecular flexibility index (Phi) is 11.2. The Morgan fingerprint density at radius 2 is 0.913 bits per heavy atom. The molecule has 0 aromatic heterocycles. The first-order valence-electron chi connectivity index (χ1n) is 14.7. The average molecular weight is 641 g/mol. The molecule has 4 aromatic carbocycles. The molecule has 0 spiro atoms. The fourth-order valence-electron chi connectivity index (χ4n) is 4.83. The predicted octanol–water partition coefficient (Wildman–Crippen LogP) is 6.00. The van der Waals surface area contributed by atoms with Crippen LogP contribution < -0.4 is 0 Å². The van der Waals surface area contributed by atoms with Crippen molar-refractivity contribution in [3.63, 3.8) is 0 Å². The summed E-state index contributed by atoms with van der Waals surface area (Å²) in [6, 6.07) is 33.3. The highest BCUT2D eigenvalue weighted by atomic mass is 32.2. The summed E-state index contributed by atoms with van der Waals surface area (Å²) in [6.45, 7) is 1.54. The van der Waals surface area contributed by atoms with Crippen LogP contribution in [0.1, 0.15) is 48.4 Å². The summed E-state index contributed by atoms with van der Waals surface area (Å²) in [4.78, 5) is 53.2. The molecule has 0 amide bonds. The number of carbonyl (C=O) groups is 4. The highest BCUT2D eigenvalue weighted by molar-refractivity contribution is 7.99. The van der Waals surface area contributed by atoms with Crippen LogP contribution in [0, 0.1) is 0 Å². The molecule has 0 bridgehead atoms. The van der Waals surface area contributed by atoms with Crippen molar-refractivity contribution in [1.29, 1.82) is 0 Å². The summed E-state index contributed by atoms with van der Waals surface area (Å²) in [7, 11) is 0. The maximum atomic E-state index is 13.5. The van der Waals surface area contributed by atoms with Crippen LogP contribution in [0.4, 0.5) is 0 Å². The van der Waals surface area contributed by atoms with Crippen molar-refractivity contribution in [3.8, 4) is 0 Å². The van der Waals surface area contributed by atoms with Crippen LogP contribution in [0.25, 0.3) is 0 Å². The second-order valence-corrected chi connectivity index (χ2v) is 11.5. The first kappa shape index (κ1) is 32.5. The highest BCUT2D eigenvalue weighted by Gasteiger charge is 2.53. The fraction of sp³-hybridized carbons (Fsp3) is 0.222. The largest absolute Gasteiger partial charge is 0.459 e. The molecule has 5 atom stereocenters. The van der Waals surface area contributed by atoms with Gasteiger partial charge in [-0.2, -0.15) is 0 Å². The molecule has 5 rings (SSSR count). The number of thioether (sulfide) groups is 1. The summed E-state index contributed by atoms with van der Waals surface area (Å²) < 4.78 is 30.0. The van der Waals surface area contributed by atoms with Gasteiger partial charge in [0.25, 0.3) is 0 Å². The fourth-order valence-corrected chi connectivity index (χ4v) is 5.78. The highest BCUT2D eigenvalue weighted by Crippen LogP contribution is 2.35. The van der Waals surface area contributed by atoms with Gasteiger partial charge in [-0.1, -0.05) is 79.7 Å². The standard InChI is InChI=1S/C36H32O9S/c1-2-46-36-31(45-35(40)27-21-13-6-14-22-27)30(44-34(39)26-19-11-5-12-20-26)29(43-33(38)25-17-9-4-10-18-25)28(42-36)23-41-32(37)24-15-7-3-8-16-24/h3-22,28-31,36H,2,23H2,1H3/t28-,29+,30+,31-,36+/m1/s1. The van der Waals surface area contributed by atoms with E-state index in [-0.39, 0.29) is 23.3 Å². The smallest absolute Gasteiger partial charge is 0.338 e. The van der Waals surface area contributed by atoms with Crippen molar-refractivity contribution in [2.45, 2.75) is 36.8 Å². The zero-order valence-electron chi connectivity index (χ0n) is 24.9. The van der Waals surface area contributed by atoms with Gasteiger partial charge in [0.05, 0.1) is 22.3 Å². The molecule has 1 aliphatic rings. The van der Waals surface area contributed by atoms with Crippen molar-refractivity contribution < 1.29 is 42.9 Å². The summed E-state index contributed by atoms with van der Waals surface area (Å²) in [5.74, 6) is -2.22. The lowest BCUT2D eigenvalue weighted by Crippen LogP contribution is -2.61. The third-order valence-corrected chi connectivity index (χ3v) is 8.11. The molecule has 0 unspecified atom stereocenters. The maximum absolute atomic E-state index is 13.5. The molecule has 236 valence electrons. The van der Waals surface area contributed by atoms with E-state index in [4.69, 9.17) is 23.7 Å². The van der Waals surface area contributed by atoms with Gasteiger partial charge in [-0.05, 0) is 54.3 Å². The van der Waals surface area contributed by atoms with E-state index in [9.17, 15) is 19.2 Å². The quantitative estimate of drug-likeness (QED) is 0.143. The molecule has 0 saturated carbocycles. The molecule has 9 nitrogen and oxygen atoms in total. The van der Waals surface area contributed by atoms with E-state index < -0.39 is 53.7 Å². The lowest BCUT2D eigenvalue weighted by Gasteiger charge is -2.44. The van der Waals surface area contributed by atoms with Gasteiger partial charge in [0.2, 0.25) is 0 Å². The molecule has 46 heavy (non-hydrogen) atoms. The van der Waals surface area contributed by atoms with Crippen molar-refractivity contribution in [2.24, 2.45) is 0 Å². The van der Waals surface area contributed by atoms with Gasteiger partial charge in [-0.15, -0.1) is 11.8 Å². The van der Waals surface area contributed by atoms with E-state index in [2.05, 4.69) is 0 Å². The van der Waals surface area contributed by atoms with Crippen LogP contribution in [-0.4, -0.2) is 66.1 Å². The number of ether oxygens (including phenoxy) is 5. The van der Waals surface area contributed by atoms with Crippen LogP contribution >= 0.6 is 11.8 Å². The van der Waals surface area contributed by atoms with Crippen molar-refractivity contribution in [1.82, 2.24) is 0 Å². The Hall–Kier alpha value is -4.93. The second-order valence-electron chi connectivity index (χ2n) is 10.2. The van der Waals surface area contributed by atoms with E-state index in [1.807, 2.05) is 6.92 Å². The van der Waals surface area contributed by atoms with Crippen molar-refractivity contribution >= 4 is 35.6 Å². The zero-order chi connectivity index (χ0) is 32.3. The first-order valence-corrected chi connectivity index (χ1v) is 15.8. The minimum atomic E-state index is -1.34. The van der Waals surface area contributed by atoms with E-state index in [0.29, 0.717) is 11.3 Å². The molecule has 1 aliphatic heterocycles. The number of carbonyl (C=O) groups excluding carboxylic acids is 4. The summed E-state index contributed by atoms with van der Waals surface area (Å²) in [6.07, 6.45) is -4.98. The summed E-state index contributed by atoms with van der Waals surface area (Å²) in [5, 5.41) is 0. The third-order valence-electron chi connectivity index (χ3n) is 7.07. The summed E-state index contributed by atoms with van der Waals surface area (Å²) >= 11 is 1.30. The van der Waals surface area contributed by atoms with Crippen LogP contribution in [0.5, 0.6) is 0 Å². The predicted molar refractivity (Wildman–Crippen MR) is 170 cm³/mol.